The Bertz CT molecular complexity index is 1110. The highest BCUT2D eigenvalue weighted by molar-refractivity contribution is 8.00. The maximum absolute atomic E-state index is 12.8. The minimum Gasteiger partial charge on any atom is -0.508 e. The van der Waals surface area contributed by atoms with Gasteiger partial charge in [-0.25, -0.2) is 0 Å². The standard InChI is InChI=1S/C25H21NO2S/c27-22-16-15-18-9-7-8-14-21(18)24(22)25(19-10-3-1-4-11-19)26-23(28)17-29-20-12-5-2-6-13-20/h1-16,25,27H,17H2,(H,26,28). The van der Waals surface area contributed by atoms with Crippen molar-refractivity contribution in [3.8, 4) is 5.75 Å². The van der Waals surface area contributed by atoms with E-state index in [2.05, 4.69) is 5.32 Å². The lowest BCUT2D eigenvalue weighted by atomic mass is 9.92. The molecule has 0 spiro atoms. The first-order chi connectivity index (χ1) is 14.2. The number of aromatic hydroxyl groups is 1. The van der Waals surface area contributed by atoms with Crippen molar-refractivity contribution >= 4 is 28.4 Å². The Morgan fingerprint density at radius 3 is 2.24 bits per heavy atom. The Morgan fingerprint density at radius 1 is 0.828 bits per heavy atom. The average molecular weight is 400 g/mol. The highest BCUT2D eigenvalue weighted by Gasteiger charge is 2.22. The van der Waals surface area contributed by atoms with E-state index >= 15 is 0 Å². The van der Waals surface area contributed by atoms with Crippen molar-refractivity contribution in [1.82, 2.24) is 5.32 Å². The van der Waals surface area contributed by atoms with Gasteiger partial charge >= 0.3 is 0 Å². The zero-order valence-corrected chi connectivity index (χ0v) is 16.6. The number of nitrogens with one attached hydrogen (secondary N) is 1. The number of thioether (sulfide) groups is 1. The number of phenols is 1. The lowest BCUT2D eigenvalue weighted by molar-refractivity contribution is -0.119. The first kappa shape index (κ1) is 19.1. The van der Waals surface area contributed by atoms with Crippen LogP contribution < -0.4 is 5.32 Å². The van der Waals surface area contributed by atoms with Crippen molar-refractivity contribution in [2.75, 3.05) is 5.75 Å². The van der Waals surface area contributed by atoms with E-state index in [0.717, 1.165) is 21.2 Å². The Balaban J connectivity index is 1.67. The van der Waals surface area contributed by atoms with Crippen LogP contribution in [0.4, 0.5) is 0 Å². The molecule has 0 saturated heterocycles. The second kappa shape index (κ2) is 8.84. The van der Waals surface area contributed by atoms with Crippen molar-refractivity contribution in [3.63, 3.8) is 0 Å². The maximum Gasteiger partial charge on any atom is 0.231 e. The fourth-order valence-electron chi connectivity index (χ4n) is 3.42. The number of amides is 1. The summed E-state index contributed by atoms with van der Waals surface area (Å²) in [5.74, 6) is 0.396. The van der Waals surface area contributed by atoms with Gasteiger partial charge in [0, 0.05) is 10.5 Å². The molecule has 0 aliphatic carbocycles. The van der Waals surface area contributed by atoms with Crippen LogP contribution in [0, 0.1) is 0 Å². The third-order valence-electron chi connectivity index (χ3n) is 4.79. The molecule has 0 fully saturated rings. The molecule has 144 valence electrons. The summed E-state index contributed by atoms with van der Waals surface area (Å²) in [6.45, 7) is 0. The van der Waals surface area contributed by atoms with E-state index in [0.29, 0.717) is 11.3 Å². The van der Waals surface area contributed by atoms with Crippen LogP contribution in [0.3, 0.4) is 0 Å². The third-order valence-corrected chi connectivity index (χ3v) is 5.80. The normalized spacial score (nSPS) is 11.9. The van der Waals surface area contributed by atoms with Gasteiger partial charge in [0.15, 0.2) is 0 Å². The topological polar surface area (TPSA) is 49.3 Å². The van der Waals surface area contributed by atoms with Gasteiger partial charge in [-0.3, -0.25) is 4.79 Å². The van der Waals surface area contributed by atoms with Crippen LogP contribution in [0.15, 0.2) is 102 Å². The van der Waals surface area contributed by atoms with Gasteiger partial charge in [-0.2, -0.15) is 0 Å². The molecule has 4 rings (SSSR count). The predicted molar refractivity (Wildman–Crippen MR) is 119 cm³/mol. The smallest absolute Gasteiger partial charge is 0.231 e. The largest absolute Gasteiger partial charge is 0.508 e. The maximum atomic E-state index is 12.8. The van der Waals surface area contributed by atoms with Gasteiger partial charge in [0.2, 0.25) is 5.91 Å². The van der Waals surface area contributed by atoms with E-state index in [9.17, 15) is 9.90 Å². The molecule has 1 amide bonds. The van der Waals surface area contributed by atoms with Crippen molar-refractivity contribution in [1.29, 1.82) is 0 Å². The molecule has 4 aromatic carbocycles. The summed E-state index contributed by atoms with van der Waals surface area (Å²) in [6, 6.07) is 30.7. The fraction of sp³-hybridized carbons (Fsp3) is 0.0800. The van der Waals surface area contributed by atoms with E-state index in [4.69, 9.17) is 0 Å². The minimum atomic E-state index is -0.439. The van der Waals surface area contributed by atoms with E-state index in [1.807, 2.05) is 91.0 Å². The lowest BCUT2D eigenvalue weighted by Gasteiger charge is -2.22. The minimum absolute atomic E-state index is 0.0833. The van der Waals surface area contributed by atoms with Gasteiger partial charge in [-0.15, -0.1) is 11.8 Å². The van der Waals surface area contributed by atoms with Gasteiger partial charge in [-0.05, 0) is 34.5 Å². The molecule has 0 bridgehead atoms. The summed E-state index contributed by atoms with van der Waals surface area (Å²) in [6.07, 6.45) is 0. The summed E-state index contributed by atoms with van der Waals surface area (Å²) in [5.41, 5.74) is 1.64. The summed E-state index contributed by atoms with van der Waals surface area (Å²) >= 11 is 1.49. The number of carbonyl (C=O) groups excluding carboxylic acids is 1. The zero-order chi connectivity index (χ0) is 20.1. The third kappa shape index (κ3) is 4.44. The summed E-state index contributed by atoms with van der Waals surface area (Å²) in [5, 5.41) is 15.8. The SMILES string of the molecule is O=C(CSc1ccccc1)NC(c1ccccc1)c1c(O)ccc2ccccc12. The molecule has 0 aliphatic heterocycles. The number of benzene rings is 4. The van der Waals surface area contributed by atoms with E-state index in [-0.39, 0.29) is 11.7 Å². The second-order valence-electron chi connectivity index (χ2n) is 6.73. The summed E-state index contributed by atoms with van der Waals surface area (Å²) in [7, 11) is 0. The fourth-order valence-corrected chi connectivity index (χ4v) is 4.15. The predicted octanol–water partition coefficient (Wildman–Crippen LogP) is 5.54. The van der Waals surface area contributed by atoms with E-state index < -0.39 is 6.04 Å². The first-order valence-corrected chi connectivity index (χ1v) is 10.4. The highest BCUT2D eigenvalue weighted by Crippen LogP contribution is 2.36. The number of rotatable bonds is 6. The van der Waals surface area contributed by atoms with Crippen LogP contribution in [0.1, 0.15) is 17.2 Å². The molecule has 2 N–H and O–H groups in total. The Hall–Kier alpha value is -3.24. The number of fused-ring (bicyclic) bond motifs is 1. The molecule has 29 heavy (non-hydrogen) atoms. The van der Waals surface area contributed by atoms with E-state index in [1.54, 1.807) is 6.07 Å². The van der Waals surface area contributed by atoms with Gasteiger partial charge in [0.05, 0.1) is 11.8 Å². The monoisotopic (exact) mass is 399 g/mol. The van der Waals surface area contributed by atoms with Gasteiger partial charge in [0.1, 0.15) is 5.75 Å². The van der Waals surface area contributed by atoms with Crippen molar-refractivity contribution in [2.45, 2.75) is 10.9 Å². The zero-order valence-electron chi connectivity index (χ0n) is 15.8. The molecule has 0 heterocycles. The second-order valence-corrected chi connectivity index (χ2v) is 7.78. The Morgan fingerprint density at radius 2 is 1.48 bits per heavy atom. The molecular formula is C25H21NO2S. The van der Waals surface area contributed by atoms with E-state index in [1.165, 1.54) is 11.8 Å². The average Bonchev–Trinajstić information content (AvgIpc) is 2.78. The summed E-state index contributed by atoms with van der Waals surface area (Å²) < 4.78 is 0. The Kier molecular flexibility index (Phi) is 5.82. The molecule has 1 unspecified atom stereocenters. The van der Waals surface area contributed by atoms with Crippen LogP contribution in [0.2, 0.25) is 0 Å². The molecular weight excluding hydrogens is 378 g/mol. The van der Waals surface area contributed by atoms with Crippen LogP contribution >= 0.6 is 11.8 Å². The molecule has 1 atom stereocenters. The highest BCUT2D eigenvalue weighted by atomic mass is 32.2. The molecule has 0 aliphatic rings. The molecule has 0 radical (unpaired) electrons. The van der Waals surface area contributed by atoms with Crippen LogP contribution in [-0.4, -0.2) is 16.8 Å². The number of phenolic OH excluding ortho intramolecular Hbond substituents is 1. The number of hydrogen-bond donors (Lipinski definition) is 2. The molecule has 4 aromatic rings. The van der Waals surface area contributed by atoms with Crippen molar-refractivity contribution < 1.29 is 9.90 Å². The van der Waals surface area contributed by atoms with Gasteiger partial charge < -0.3 is 10.4 Å². The quantitative estimate of drug-likeness (QED) is 0.418. The van der Waals surface area contributed by atoms with Gasteiger partial charge in [0.25, 0.3) is 0 Å². The van der Waals surface area contributed by atoms with Crippen LogP contribution in [-0.2, 0) is 4.79 Å². The first-order valence-electron chi connectivity index (χ1n) is 9.45. The van der Waals surface area contributed by atoms with Crippen LogP contribution in [0.25, 0.3) is 10.8 Å². The number of carbonyl (C=O) groups is 1. The molecule has 0 aromatic heterocycles. The molecule has 3 nitrogen and oxygen atoms in total. The molecule has 4 heteroatoms. The summed E-state index contributed by atoms with van der Waals surface area (Å²) in [4.78, 5) is 13.9. The lowest BCUT2D eigenvalue weighted by Crippen LogP contribution is -2.31. The van der Waals surface area contributed by atoms with Crippen molar-refractivity contribution in [2.24, 2.45) is 0 Å². The van der Waals surface area contributed by atoms with Crippen LogP contribution in [0.5, 0.6) is 5.75 Å². The number of hydrogen-bond acceptors (Lipinski definition) is 3. The molecule has 0 saturated carbocycles. The Labute approximate surface area is 174 Å². The van der Waals surface area contributed by atoms with Gasteiger partial charge in [-0.1, -0.05) is 78.9 Å². The van der Waals surface area contributed by atoms with Crippen molar-refractivity contribution in [3.05, 3.63) is 108 Å².